The summed E-state index contributed by atoms with van der Waals surface area (Å²) >= 11 is 0. The lowest BCUT2D eigenvalue weighted by Crippen LogP contribution is -2.45. The quantitative estimate of drug-likeness (QED) is 0.0274. The van der Waals surface area contributed by atoms with Crippen molar-refractivity contribution in [3.8, 4) is 0 Å². The van der Waals surface area contributed by atoms with E-state index in [2.05, 4.69) is 79.9 Å². The molecular formula is C50H91N2O6P. The molecule has 0 spiro atoms. The lowest BCUT2D eigenvalue weighted by Gasteiger charge is -2.29. The van der Waals surface area contributed by atoms with Gasteiger partial charge < -0.3 is 28.8 Å². The smallest absolute Gasteiger partial charge is 0.268 e. The van der Waals surface area contributed by atoms with E-state index in [-0.39, 0.29) is 12.5 Å². The van der Waals surface area contributed by atoms with Crippen molar-refractivity contribution in [2.75, 3.05) is 40.9 Å². The number of aliphatic hydroxyl groups excluding tert-OH is 1. The van der Waals surface area contributed by atoms with Crippen LogP contribution >= 0.6 is 7.82 Å². The van der Waals surface area contributed by atoms with Gasteiger partial charge in [0.1, 0.15) is 13.2 Å². The molecule has 0 aliphatic carbocycles. The molecule has 0 fully saturated rings. The van der Waals surface area contributed by atoms with Crippen LogP contribution in [0.1, 0.15) is 187 Å². The molecule has 59 heavy (non-hydrogen) atoms. The van der Waals surface area contributed by atoms with Crippen LogP contribution in [0.3, 0.4) is 0 Å². The first kappa shape index (κ1) is 56.9. The molecule has 3 unspecified atom stereocenters. The Labute approximate surface area is 364 Å². The van der Waals surface area contributed by atoms with E-state index in [1.54, 1.807) is 6.08 Å². The van der Waals surface area contributed by atoms with Gasteiger partial charge in [-0.2, -0.15) is 0 Å². The van der Waals surface area contributed by atoms with Crippen molar-refractivity contribution in [3.63, 3.8) is 0 Å². The van der Waals surface area contributed by atoms with Crippen LogP contribution in [0.4, 0.5) is 0 Å². The Bertz CT molecular complexity index is 1190. The van der Waals surface area contributed by atoms with Crippen molar-refractivity contribution in [1.82, 2.24) is 5.32 Å². The Kier molecular flexibility index (Phi) is 39.9. The van der Waals surface area contributed by atoms with Crippen LogP contribution in [0.25, 0.3) is 0 Å². The van der Waals surface area contributed by atoms with Gasteiger partial charge >= 0.3 is 0 Å². The number of allylic oxidation sites excluding steroid dienone is 11. The number of unbranched alkanes of at least 4 members (excludes halogenated alkanes) is 19. The standard InChI is InChI=1S/C50H91N2O6P/c1-6-8-10-12-14-16-18-20-22-24-25-26-27-28-30-32-34-36-38-40-42-44-50(54)51-48(47-58-59(55,56)57-46-45-52(3,4)5)49(53)43-41-39-37-35-33-31-29-23-21-19-17-15-13-11-9-7-2/h8,10,14,16,20,22,25-26,28,30,41,43,48-49,53H,6-7,9,11-13,15,17-19,21,23-24,27,29,31-40,42,44-47H2,1-5H3,(H-,51,54,55,56)/b10-8-,16-14-,22-20-,26-25-,30-28-,43-41+. The van der Waals surface area contributed by atoms with Gasteiger partial charge in [-0.25, -0.2) is 0 Å². The van der Waals surface area contributed by atoms with Gasteiger partial charge in [-0.1, -0.05) is 189 Å². The number of quaternary nitrogens is 1. The zero-order valence-corrected chi connectivity index (χ0v) is 39.6. The Hall–Kier alpha value is -2.06. The zero-order valence-electron chi connectivity index (χ0n) is 38.7. The van der Waals surface area contributed by atoms with Crippen LogP contribution in [-0.4, -0.2) is 68.5 Å². The number of phosphoric acid groups is 1. The molecule has 0 aliphatic rings. The summed E-state index contributed by atoms with van der Waals surface area (Å²) < 4.78 is 23.2. The molecule has 0 aromatic carbocycles. The van der Waals surface area contributed by atoms with Crippen LogP contribution in [0.15, 0.2) is 72.9 Å². The first-order chi connectivity index (χ1) is 28.5. The summed E-state index contributed by atoms with van der Waals surface area (Å²) in [7, 11) is 1.24. The number of nitrogens with one attached hydrogen (secondary N) is 1. The summed E-state index contributed by atoms with van der Waals surface area (Å²) in [6.45, 7) is 4.51. The third kappa shape index (κ3) is 43.8. The number of phosphoric ester groups is 1. The number of carbonyl (C=O) groups is 1. The van der Waals surface area contributed by atoms with E-state index >= 15 is 0 Å². The van der Waals surface area contributed by atoms with Crippen molar-refractivity contribution < 1.29 is 32.9 Å². The van der Waals surface area contributed by atoms with Gasteiger partial charge in [0.05, 0.1) is 39.9 Å². The average molecular weight is 847 g/mol. The monoisotopic (exact) mass is 847 g/mol. The summed E-state index contributed by atoms with van der Waals surface area (Å²) in [4.78, 5) is 25.4. The summed E-state index contributed by atoms with van der Waals surface area (Å²) in [5.41, 5.74) is 0. The van der Waals surface area contributed by atoms with E-state index in [9.17, 15) is 19.4 Å². The van der Waals surface area contributed by atoms with E-state index in [0.29, 0.717) is 17.4 Å². The first-order valence-corrected chi connectivity index (χ1v) is 25.3. The molecule has 1 amide bonds. The summed E-state index contributed by atoms with van der Waals surface area (Å²) in [6.07, 6.45) is 55.1. The summed E-state index contributed by atoms with van der Waals surface area (Å²) in [6, 6.07) is -0.900. The van der Waals surface area contributed by atoms with Crippen molar-refractivity contribution in [1.29, 1.82) is 0 Å². The third-order valence-corrected chi connectivity index (χ3v) is 11.1. The van der Waals surface area contributed by atoms with Gasteiger partial charge in [0, 0.05) is 6.42 Å². The maximum atomic E-state index is 12.9. The molecule has 0 saturated heterocycles. The maximum absolute atomic E-state index is 12.9. The van der Waals surface area contributed by atoms with Crippen LogP contribution in [-0.2, 0) is 18.4 Å². The topological polar surface area (TPSA) is 108 Å². The Morgan fingerprint density at radius 3 is 1.51 bits per heavy atom. The van der Waals surface area contributed by atoms with E-state index in [0.717, 1.165) is 89.9 Å². The molecule has 0 rings (SSSR count). The predicted octanol–water partition coefficient (Wildman–Crippen LogP) is 12.9. The SMILES string of the molecule is CC/C=C\C/C=C\C/C=C\C/C=C\C/C=C\CCCCCCCC(=O)NC(COP(=O)([O-])OCC[N+](C)(C)C)C(O)/C=C/CCCCCCCCCCCCCCCC. The minimum absolute atomic E-state index is 0.00866. The predicted molar refractivity (Wildman–Crippen MR) is 251 cm³/mol. The van der Waals surface area contributed by atoms with Gasteiger partial charge in [-0.05, 0) is 64.2 Å². The second-order valence-electron chi connectivity index (χ2n) is 17.1. The average Bonchev–Trinajstić information content (AvgIpc) is 3.19. The molecule has 8 nitrogen and oxygen atoms in total. The number of carbonyl (C=O) groups excluding carboxylic acids is 1. The first-order valence-electron chi connectivity index (χ1n) is 23.8. The van der Waals surface area contributed by atoms with Gasteiger partial charge in [0.15, 0.2) is 0 Å². The summed E-state index contributed by atoms with van der Waals surface area (Å²) in [5.74, 6) is -0.219. The number of likely N-dealkylation sites (N-methyl/N-ethyl adjacent to an activating group) is 1. The van der Waals surface area contributed by atoms with Gasteiger partial charge in [-0.15, -0.1) is 0 Å². The molecule has 0 bridgehead atoms. The molecule has 0 saturated carbocycles. The Morgan fingerprint density at radius 2 is 1.03 bits per heavy atom. The van der Waals surface area contributed by atoms with E-state index in [1.807, 2.05) is 27.2 Å². The molecule has 342 valence electrons. The van der Waals surface area contributed by atoms with Crippen LogP contribution < -0.4 is 10.2 Å². The number of nitrogens with zero attached hydrogens (tertiary/aromatic N) is 1. The molecule has 3 atom stereocenters. The number of rotatable bonds is 42. The normalized spacial score (nSPS) is 14.9. The lowest BCUT2D eigenvalue weighted by molar-refractivity contribution is -0.870. The van der Waals surface area contributed by atoms with Gasteiger partial charge in [-0.3, -0.25) is 9.36 Å². The second-order valence-corrected chi connectivity index (χ2v) is 18.5. The highest BCUT2D eigenvalue weighted by molar-refractivity contribution is 7.45. The lowest BCUT2D eigenvalue weighted by atomic mass is 10.0. The molecule has 9 heteroatoms. The van der Waals surface area contributed by atoms with E-state index < -0.39 is 26.6 Å². The van der Waals surface area contributed by atoms with E-state index in [1.165, 1.54) is 77.0 Å². The molecule has 0 aliphatic heterocycles. The number of amides is 1. The summed E-state index contributed by atoms with van der Waals surface area (Å²) in [5, 5.41) is 13.8. The number of aliphatic hydroxyl groups is 1. The van der Waals surface area contributed by atoms with Crippen LogP contribution in [0.2, 0.25) is 0 Å². The van der Waals surface area contributed by atoms with Crippen molar-refractivity contribution in [2.45, 2.75) is 199 Å². The van der Waals surface area contributed by atoms with E-state index in [4.69, 9.17) is 9.05 Å². The van der Waals surface area contributed by atoms with Crippen molar-refractivity contribution in [2.24, 2.45) is 0 Å². The fourth-order valence-electron chi connectivity index (χ4n) is 6.41. The Balaban J connectivity index is 4.43. The number of hydrogen-bond acceptors (Lipinski definition) is 6. The van der Waals surface area contributed by atoms with Gasteiger partial charge in [0.2, 0.25) is 5.91 Å². The Morgan fingerprint density at radius 1 is 0.610 bits per heavy atom. The molecule has 0 aromatic heterocycles. The minimum atomic E-state index is -4.60. The van der Waals surface area contributed by atoms with Crippen LogP contribution in [0, 0.1) is 0 Å². The van der Waals surface area contributed by atoms with Crippen molar-refractivity contribution >= 4 is 13.7 Å². The molecule has 2 N–H and O–H groups in total. The molecule has 0 heterocycles. The van der Waals surface area contributed by atoms with Crippen molar-refractivity contribution in [3.05, 3.63) is 72.9 Å². The highest BCUT2D eigenvalue weighted by Crippen LogP contribution is 2.38. The maximum Gasteiger partial charge on any atom is 0.268 e. The highest BCUT2D eigenvalue weighted by Gasteiger charge is 2.23. The molecule has 0 radical (unpaired) electrons. The van der Waals surface area contributed by atoms with Crippen LogP contribution in [0.5, 0.6) is 0 Å². The fraction of sp³-hybridized carbons (Fsp3) is 0.740. The minimum Gasteiger partial charge on any atom is -0.756 e. The fourth-order valence-corrected chi connectivity index (χ4v) is 7.14. The highest BCUT2D eigenvalue weighted by atomic mass is 31.2. The zero-order chi connectivity index (χ0) is 43.6. The molecular weight excluding hydrogens is 756 g/mol. The second kappa shape index (κ2) is 41.3. The van der Waals surface area contributed by atoms with Gasteiger partial charge in [0.25, 0.3) is 7.82 Å². The number of hydrogen-bond donors (Lipinski definition) is 2. The molecule has 0 aromatic rings. The largest absolute Gasteiger partial charge is 0.756 e. The third-order valence-electron chi connectivity index (χ3n) is 10.2.